The summed E-state index contributed by atoms with van der Waals surface area (Å²) in [7, 11) is 0. The number of rotatable bonds is 2. The van der Waals surface area contributed by atoms with Gasteiger partial charge in [0.2, 0.25) is 0 Å². The van der Waals surface area contributed by atoms with Crippen molar-refractivity contribution in [2.24, 2.45) is 0 Å². The molecule has 0 saturated heterocycles. The van der Waals surface area contributed by atoms with Gasteiger partial charge in [-0.05, 0) is 46.9 Å². The van der Waals surface area contributed by atoms with E-state index in [1.807, 2.05) is 42.5 Å². The third-order valence-electron chi connectivity index (χ3n) is 2.14. The smallest absolute Gasteiger partial charge is 0.110 e. The standard InChI is InChI=1S/C13H10INS/c14-11-6-8-12(9-7-11)15-13(16)10-4-2-1-3-5-10/h1-9H,(H,15,16). The van der Waals surface area contributed by atoms with E-state index in [1.165, 1.54) is 3.57 Å². The minimum Gasteiger partial charge on any atom is -0.346 e. The van der Waals surface area contributed by atoms with Gasteiger partial charge in [-0.2, -0.15) is 0 Å². The molecular formula is C13H10INS. The molecule has 3 heteroatoms. The highest BCUT2D eigenvalue weighted by atomic mass is 127. The molecule has 0 amide bonds. The number of thiocarbonyl (C=S) groups is 1. The molecule has 0 heterocycles. The van der Waals surface area contributed by atoms with Crippen molar-refractivity contribution in [2.45, 2.75) is 0 Å². The van der Waals surface area contributed by atoms with Gasteiger partial charge < -0.3 is 5.32 Å². The summed E-state index contributed by atoms with van der Waals surface area (Å²) in [5.41, 5.74) is 2.06. The Bertz CT molecular complexity index is 479. The lowest BCUT2D eigenvalue weighted by molar-refractivity contribution is 1.59. The van der Waals surface area contributed by atoms with Crippen LogP contribution in [0, 0.1) is 3.57 Å². The minimum absolute atomic E-state index is 0.752. The lowest BCUT2D eigenvalue weighted by atomic mass is 10.2. The Morgan fingerprint density at radius 1 is 0.938 bits per heavy atom. The zero-order valence-corrected chi connectivity index (χ0v) is 11.5. The number of benzene rings is 2. The van der Waals surface area contributed by atoms with Gasteiger partial charge in [0, 0.05) is 14.8 Å². The lowest BCUT2D eigenvalue weighted by Gasteiger charge is -2.07. The van der Waals surface area contributed by atoms with Gasteiger partial charge in [0.25, 0.3) is 0 Å². The first-order valence-electron chi connectivity index (χ1n) is 4.88. The van der Waals surface area contributed by atoms with Crippen molar-refractivity contribution in [1.82, 2.24) is 0 Å². The maximum Gasteiger partial charge on any atom is 0.110 e. The minimum atomic E-state index is 0.752. The summed E-state index contributed by atoms with van der Waals surface area (Å²) in [4.78, 5) is 0.752. The van der Waals surface area contributed by atoms with Gasteiger partial charge in [-0.15, -0.1) is 0 Å². The maximum atomic E-state index is 5.32. The Morgan fingerprint density at radius 3 is 2.19 bits per heavy atom. The quantitative estimate of drug-likeness (QED) is 0.654. The SMILES string of the molecule is S=C(Nc1ccc(I)cc1)c1ccccc1. The largest absolute Gasteiger partial charge is 0.346 e. The molecule has 0 atom stereocenters. The van der Waals surface area contributed by atoms with E-state index in [2.05, 4.69) is 40.0 Å². The molecule has 2 aromatic carbocycles. The molecule has 0 unspecified atom stereocenters. The predicted molar refractivity (Wildman–Crippen MR) is 80.9 cm³/mol. The van der Waals surface area contributed by atoms with E-state index < -0.39 is 0 Å². The van der Waals surface area contributed by atoms with Crippen LogP contribution in [-0.4, -0.2) is 4.99 Å². The number of nitrogens with one attached hydrogen (secondary N) is 1. The highest BCUT2D eigenvalue weighted by Crippen LogP contribution is 2.13. The second kappa shape index (κ2) is 5.41. The second-order valence-electron chi connectivity index (χ2n) is 3.33. The maximum absolute atomic E-state index is 5.32. The van der Waals surface area contributed by atoms with E-state index in [4.69, 9.17) is 12.2 Å². The van der Waals surface area contributed by atoms with Crippen molar-refractivity contribution in [1.29, 1.82) is 0 Å². The summed E-state index contributed by atoms with van der Waals surface area (Å²) >= 11 is 7.60. The van der Waals surface area contributed by atoms with Gasteiger partial charge in [0.15, 0.2) is 0 Å². The van der Waals surface area contributed by atoms with Gasteiger partial charge in [-0.25, -0.2) is 0 Å². The number of anilines is 1. The Morgan fingerprint density at radius 2 is 1.56 bits per heavy atom. The summed E-state index contributed by atoms with van der Waals surface area (Å²) in [5, 5.41) is 3.21. The van der Waals surface area contributed by atoms with Crippen molar-refractivity contribution in [3.8, 4) is 0 Å². The van der Waals surface area contributed by atoms with Crippen LogP contribution in [0.4, 0.5) is 5.69 Å². The van der Waals surface area contributed by atoms with Crippen LogP contribution in [0.2, 0.25) is 0 Å². The zero-order valence-electron chi connectivity index (χ0n) is 8.48. The third kappa shape index (κ3) is 3.02. The van der Waals surface area contributed by atoms with Crippen LogP contribution in [0.3, 0.4) is 0 Å². The molecule has 16 heavy (non-hydrogen) atoms. The van der Waals surface area contributed by atoms with E-state index in [0.717, 1.165) is 16.2 Å². The van der Waals surface area contributed by atoms with Gasteiger partial charge in [-0.3, -0.25) is 0 Å². The van der Waals surface area contributed by atoms with Crippen LogP contribution >= 0.6 is 34.8 Å². The fraction of sp³-hybridized carbons (Fsp3) is 0. The molecule has 0 aliphatic heterocycles. The molecule has 0 fully saturated rings. The van der Waals surface area contributed by atoms with E-state index in [1.54, 1.807) is 0 Å². The van der Waals surface area contributed by atoms with Crippen molar-refractivity contribution in [3.05, 3.63) is 63.7 Å². The summed E-state index contributed by atoms with van der Waals surface area (Å²) < 4.78 is 1.22. The molecule has 1 N–H and O–H groups in total. The molecule has 0 spiro atoms. The van der Waals surface area contributed by atoms with Crippen molar-refractivity contribution in [2.75, 3.05) is 5.32 Å². The molecule has 2 aromatic rings. The highest BCUT2D eigenvalue weighted by Gasteiger charge is 2.00. The fourth-order valence-corrected chi connectivity index (χ4v) is 1.94. The Labute approximate surface area is 114 Å². The van der Waals surface area contributed by atoms with Crippen LogP contribution in [0.1, 0.15) is 5.56 Å². The first-order valence-corrected chi connectivity index (χ1v) is 6.36. The average molecular weight is 339 g/mol. The predicted octanol–water partition coefficient (Wildman–Crippen LogP) is 4.08. The molecule has 0 aromatic heterocycles. The Hall–Kier alpha value is -0.940. The number of hydrogen-bond acceptors (Lipinski definition) is 1. The molecular weight excluding hydrogens is 329 g/mol. The molecule has 0 aliphatic carbocycles. The van der Waals surface area contributed by atoms with E-state index in [9.17, 15) is 0 Å². The van der Waals surface area contributed by atoms with Crippen molar-refractivity contribution < 1.29 is 0 Å². The van der Waals surface area contributed by atoms with Gasteiger partial charge >= 0.3 is 0 Å². The molecule has 0 saturated carbocycles. The van der Waals surface area contributed by atoms with Gasteiger partial charge in [0.1, 0.15) is 4.99 Å². The van der Waals surface area contributed by atoms with Crippen molar-refractivity contribution >= 4 is 45.5 Å². The van der Waals surface area contributed by atoms with Crippen LogP contribution < -0.4 is 5.32 Å². The fourth-order valence-electron chi connectivity index (χ4n) is 1.33. The topological polar surface area (TPSA) is 12.0 Å². The summed E-state index contributed by atoms with van der Waals surface area (Å²) in [5.74, 6) is 0. The summed E-state index contributed by atoms with van der Waals surface area (Å²) in [6, 6.07) is 18.1. The first-order chi connectivity index (χ1) is 7.75. The molecule has 2 rings (SSSR count). The zero-order chi connectivity index (χ0) is 11.4. The first kappa shape index (κ1) is 11.5. The second-order valence-corrected chi connectivity index (χ2v) is 4.98. The van der Waals surface area contributed by atoms with Crippen LogP contribution in [0.5, 0.6) is 0 Å². The molecule has 0 aliphatic rings. The molecule has 1 nitrogen and oxygen atoms in total. The normalized spacial score (nSPS) is 9.81. The summed E-state index contributed by atoms with van der Waals surface area (Å²) in [6.07, 6.45) is 0. The number of halogens is 1. The Balaban J connectivity index is 2.11. The average Bonchev–Trinajstić information content (AvgIpc) is 2.33. The molecule has 0 radical (unpaired) electrons. The van der Waals surface area contributed by atoms with Gasteiger partial charge in [0.05, 0.1) is 0 Å². The van der Waals surface area contributed by atoms with Crippen LogP contribution in [0.25, 0.3) is 0 Å². The lowest BCUT2D eigenvalue weighted by Crippen LogP contribution is -2.09. The summed E-state index contributed by atoms with van der Waals surface area (Å²) in [6.45, 7) is 0. The van der Waals surface area contributed by atoms with Crippen LogP contribution in [0.15, 0.2) is 54.6 Å². The van der Waals surface area contributed by atoms with Gasteiger partial charge in [-0.1, -0.05) is 42.5 Å². The number of hydrogen-bond donors (Lipinski definition) is 1. The van der Waals surface area contributed by atoms with Crippen LogP contribution in [-0.2, 0) is 0 Å². The molecule has 80 valence electrons. The van der Waals surface area contributed by atoms with E-state index in [0.29, 0.717) is 0 Å². The Kier molecular flexibility index (Phi) is 3.90. The van der Waals surface area contributed by atoms with Crippen molar-refractivity contribution in [3.63, 3.8) is 0 Å². The third-order valence-corrected chi connectivity index (χ3v) is 3.19. The van der Waals surface area contributed by atoms with E-state index in [-0.39, 0.29) is 0 Å². The van der Waals surface area contributed by atoms with E-state index >= 15 is 0 Å². The monoisotopic (exact) mass is 339 g/mol. The molecule has 0 bridgehead atoms. The highest BCUT2D eigenvalue weighted by molar-refractivity contribution is 14.1.